The van der Waals surface area contributed by atoms with E-state index in [0.29, 0.717) is 5.92 Å². The molecule has 0 saturated heterocycles. The molecule has 0 aliphatic rings. The lowest BCUT2D eigenvalue weighted by Crippen LogP contribution is -1.92. The van der Waals surface area contributed by atoms with Gasteiger partial charge in [-0.1, -0.05) is 25.0 Å². The summed E-state index contributed by atoms with van der Waals surface area (Å²) in [4.78, 5) is 0. The Morgan fingerprint density at radius 3 is 2.17 bits per heavy atom. The third-order valence-electron chi connectivity index (χ3n) is 0.706. The molecule has 1 N–H and O–H groups in total. The number of hydrogen-bond donors (Lipinski definition) is 1. The van der Waals surface area contributed by atoms with Crippen molar-refractivity contribution in [2.75, 3.05) is 0 Å². The van der Waals surface area contributed by atoms with Crippen molar-refractivity contribution in [1.29, 1.82) is 0 Å². The minimum absolute atomic E-state index is 0.633. The molecule has 0 unspecified atom stereocenters. The fraction of sp³-hybridized carbons (Fsp3) is 1.00. The summed E-state index contributed by atoms with van der Waals surface area (Å²) in [6, 6.07) is 0. The fourth-order valence-corrected chi connectivity index (χ4v) is 0.775. The summed E-state index contributed by atoms with van der Waals surface area (Å²) < 4.78 is 8.38. The molecule has 0 amide bonds. The minimum Gasteiger partial charge on any atom is -0.518 e. The largest absolute Gasteiger partial charge is 0.518 e. The lowest BCUT2D eigenvalue weighted by Gasteiger charge is -1.93. The van der Waals surface area contributed by atoms with E-state index in [2.05, 4.69) is 13.8 Å². The summed E-state index contributed by atoms with van der Waals surface area (Å²) >= 11 is -0.633. The van der Waals surface area contributed by atoms with Gasteiger partial charge in [-0.25, -0.2) is 0 Å². The zero-order chi connectivity index (χ0) is 4.99. The van der Waals surface area contributed by atoms with Gasteiger partial charge in [0.1, 0.15) is 0 Å². The third-order valence-corrected chi connectivity index (χ3v) is 2.12. The third kappa shape index (κ3) is 4.49. The van der Waals surface area contributed by atoms with E-state index in [4.69, 9.17) is 4.16 Å². The predicted octanol–water partition coefficient (Wildman–Crippen LogP) is 0.404. The molecule has 0 spiro atoms. The monoisotopic (exact) mass is 102 g/mol. The van der Waals surface area contributed by atoms with Gasteiger partial charge in [0, 0.05) is 0 Å². The summed E-state index contributed by atoms with van der Waals surface area (Å²) in [5, 5.41) is 1.07. The molecule has 0 rings (SSSR count). The molecule has 0 aromatic carbocycles. The summed E-state index contributed by atoms with van der Waals surface area (Å²) in [5.74, 6) is 0.710. The quantitative estimate of drug-likeness (QED) is 0.500. The molecule has 0 aromatic heterocycles. The van der Waals surface area contributed by atoms with Crippen LogP contribution in [-0.4, -0.2) is 19.7 Å². The van der Waals surface area contributed by atoms with Gasteiger partial charge in [0.15, 0.2) is 0 Å². The highest BCUT2D eigenvalue weighted by molar-refractivity contribution is 6.25. The maximum Gasteiger partial charge on any atom is 0.433 e. The molecule has 6 heavy (non-hydrogen) atoms. The first-order valence-electron chi connectivity index (χ1n) is 2.38. The minimum atomic E-state index is -0.633. The molecule has 0 bridgehead atoms. The van der Waals surface area contributed by atoms with Crippen LogP contribution < -0.4 is 0 Å². The Balaban J connectivity index is 2.63. The van der Waals surface area contributed by atoms with Gasteiger partial charge in [-0.2, -0.15) is 0 Å². The highest BCUT2D eigenvalue weighted by Gasteiger charge is 1.91. The van der Waals surface area contributed by atoms with E-state index in [1.807, 2.05) is 0 Å². The van der Waals surface area contributed by atoms with E-state index < -0.39 is 15.6 Å². The number of hydrogen-bond acceptors (Lipinski definition) is 1. The SMILES string of the molecule is CC(C)[CH2][AlH][OH]. The standard InChI is InChI=1S/C4H9.Al.H2O.H/c1-4(2)3;;;/h4H,1H2,2-3H3;;1H2;/q;+1;;/p-1. The lowest BCUT2D eigenvalue weighted by atomic mass is 10.3. The molecule has 0 heterocycles. The van der Waals surface area contributed by atoms with Gasteiger partial charge in [0.2, 0.25) is 0 Å². The van der Waals surface area contributed by atoms with E-state index in [0.717, 1.165) is 5.28 Å². The Kier molecular flexibility index (Phi) is 3.98. The van der Waals surface area contributed by atoms with E-state index in [1.54, 1.807) is 0 Å². The van der Waals surface area contributed by atoms with Gasteiger partial charge in [0.25, 0.3) is 0 Å². The molecule has 36 valence electrons. The Morgan fingerprint density at radius 1 is 1.67 bits per heavy atom. The van der Waals surface area contributed by atoms with Crippen molar-refractivity contribution in [2.24, 2.45) is 5.92 Å². The van der Waals surface area contributed by atoms with Crippen LogP contribution in [0.25, 0.3) is 0 Å². The molecule has 0 aliphatic carbocycles. The summed E-state index contributed by atoms with van der Waals surface area (Å²) in [6.07, 6.45) is 0. The first kappa shape index (κ1) is 6.49. The second-order valence-electron chi connectivity index (χ2n) is 1.91. The highest BCUT2D eigenvalue weighted by Crippen LogP contribution is 1.95. The molecule has 0 radical (unpaired) electrons. The van der Waals surface area contributed by atoms with Crippen molar-refractivity contribution in [3.8, 4) is 0 Å². The smallest absolute Gasteiger partial charge is 0.433 e. The van der Waals surface area contributed by atoms with Crippen molar-refractivity contribution >= 4 is 15.6 Å². The van der Waals surface area contributed by atoms with Gasteiger partial charge >= 0.3 is 15.6 Å². The second kappa shape index (κ2) is 3.67. The van der Waals surface area contributed by atoms with Crippen LogP contribution in [0.15, 0.2) is 0 Å². The van der Waals surface area contributed by atoms with E-state index in [9.17, 15) is 0 Å². The van der Waals surface area contributed by atoms with E-state index in [1.165, 1.54) is 0 Å². The van der Waals surface area contributed by atoms with Crippen LogP contribution in [0.2, 0.25) is 5.28 Å². The molecule has 1 nitrogen and oxygen atoms in total. The van der Waals surface area contributed by atoms with Crippen molar-refractivity contribution < 1.29 is 4.16 Å². The topological polar surface area (TPSA) is 20.2 Å². The first-order chi connectivity index (χ1) is 2.77. The van der Waals surface area contributed by atoms with Crippen LogP contribution in [0.3, 0.4) is 0 Å². The maximum atomic E-state index is 8.38. The van der Waals surface area contributed by atoms with Gasteiger partial charge in [0.05, 0.1) is 0 Å². The van der Waals surface area contributed by atoms with Gasteiger partial charge < -0.3 is 4.16 Å². The summed E-state index contributed by atoms with van der Waals surface area (Å²) in [5.41, 5.74) is 0. The van der Waals surface area contributed by atoms with Gasteiger partial charge in [-0.05, 0) is 0 Å². The Labute approximate surface area is 45.4 Å². The normalized spacial score (nSPS) is 9.33. The highest BCUT2D eigenvalue weighted by atomic mass is 27.1. The van der Waals surface area contributed by atoms with Crippen molar-refractivity contribution in [3.05, 3.63) is 0 Å². The average Bonchev–Trinajstić information content (AvgIpc) is 1.35. The Hall–Kier alpha value is 0.492. The summed E-state index contributed by atoms with van der Waals surface area (Å²) in [6.45, 7) is 4.26. The zero-order valence-corrected chi connectivity index (χ0v) is 5.85. The molecular weight excluding hydrogens is 91.0 g/mol. The molecule has 0 fully saturated rings. The maximum absolute atomic E-state index is 8.38. The Morgan fingerprint density at radius 2 is 2.17 bits per heavy atom. The van der Waals surface area contributed by atoms with Crippen molar-refractivity contribution in [2.45, 2.75) is 19.1 Å². The molecule has 0 aromatic rings. The number of rotatable bonds is 2. The molecule has 0 saturated carbocycles. The van der Waals surface area contributed by atoms with Crippen LogP contribution in [0.4, 0.5) is 0 Å². The van der Waals surface area contributed by atoms with Crippen molar-refractivity contribution in [3.63, 3.8) is 0 Å². The van der Waals surface area contributed by atoms with Gasteiger partial charge in [-0.3, -0.25) is 0 Å². The van der Waals surface area contributed by atoms with E-state index >= 15 is 0 Å². The van der Waals surface area contributed by atoms with Crippen LogP contribution in [0.5, 0.6) is 0 Å². The zero-order valence-electron chi connectivity index (χ0n) is 4.44. The molecule has 0 aliphatic heterocycles. The summed E-state index contributed by atoms with van der Waals surface area (Å²) in [7, 11) is 0. The first-order valence-corrected chi connectivity index (χ1v) is 4.01. The van der Waals surface area contributed by atoms with Crippen LogP contribution >= 0.6 is 0 Å². The van der Waals surface area contributed by atoms with Crippen molar-refractivity contribution in [1.82, 2.24) is 0 Å². The van der Waals surface area contributed by atoms with Crippen LogP contribution in [0.1, 0.15) is 13.8 Å². The lowest BCUT2D eigenvalue weighted by molar-refractivity contribution is 0.578. The molecule has 2 heteroatoms. The molecule has 0 atom stereocenters. The van der Waals surface area contributed by atoms with Crippen LogP contribution in [-0.2, 0) is 0 Å². The predicted molar refractivity (Wildman–Crippen MR) is 29.0 cm³/mol. The second-order valence-corrected chi connectivity index (χ2v) is 2.93. The fourth-order valence-electron chi connectivity index (χ4n) is 0.258. The van der Waals surface area contributed by atoms with Crippen LogP contribution in [0, 0.1) is 5.92 Å². The molecular formula is C4H11AlO. The van der Waals surface area contributed by atoms with E-state index in [-0.39, 0.29) is 0 Å². The average molecular weight is 102 g/mol. The Bertz CT molecular complexity index is 28.7. The van der Waals surface area contributed by atoms with Gasteiger partial charge in [-0.15, -0.1) is 0 Å².